The average molecular weight is 543 g/mol. The molecule has 0 amide bonds. The molecular weight excluding hydrogens is 472 g/mol. The maximum Gasteiger partial charge on any atom is 0.0773 e. The Kier molecular flexibility index (Phi) is 32.9. The van der Waals surface area contributed by atoms with E-state index in [4.69, 9.17) is 9.47 Å². The Morgan fingerprint density at radius 3 is 0.868 bits per heavy atom. The average Bonchev–Trinajstić information content (AvgIpc) is 2.91. The van der Waals surface area contributed by atoms with Crippen LogP contribution in [0.1, 0.15) is 181 Å². The number of aliphatic hydroxyl groups is 2. The highest BCUT2D eigenvalue weighted by molar-refractivity contribution is 4.57. The van der Waals surface area contributed by atoms with Crippen molar-refractivity contribution >= 4 is 0 Å². The molecule has 4 nitrogen and oxygen atoms in total. The minimum atomic E-state index is -0.366. The maximum absolute atomic E-state index is 10.1. The standard InChI is InChI=1S/C34H70O4/c1-3-5-7-9-11-13-15-17-19-21-23-25-27-33(35)31-37-29-30-38-32-34(36)28-26-24-22-20-18-16-14-12-10-8-6-4-2/h33-36H,3-32H2,1-2H3. The van der Waals surface area contributed by atoms with E-state index in [1.54, 1.807) is 0 Å². The number of hydrogen-bond acceptors (Lipinski definition) is 4. The van der Waals surface area contributed by atoms with E-state index in [1.807, 2.05) is 0 Å². The molecule has 0 aliphatic rings. The van der Waals surface area contributed by atoms with E-state index in [0.717, 1.165) is 25.7 Å². The highest BCUT2D eigenvalue weighted by Gasteiger charge is 2.06. The summed E-state index contributed by atoms with van der Waals surface area (Å²) in [5.41, 5.74) is 0. The second kappa shape index (κ2) is 33.0. The molecule has 0 radical (unpaired) electrons. The van der Waals surface area contributed by atoms with Crippen LogP contribution in [0.3, 0.4) is 0 Å². The van der Waals surface area contributed by atoms with Gasteiger partial charge in [-0.05, 0) is 12.8 Å². The van der Waals surface area contributed by atoms with Crippen molar-refractivity contribution in [2.45, 2.75) is 193 Å². The predicted octanol–water partition coefficient (Wildman–Crippen LogP) is 9.92. The molecule has 0 rings (SSSR count). The lowest BCUT2D eigenvalue weighted by Crippen LogP contribution is -2.20. The fourth-order valence-corrected chi connectivity index (χ4v) is 5.17. The van der Waals surface area contributed by atoms with Gasteiger partial charge in [0.15, 0.2) is 0 Å². The first kappa shape index (κ1) is 37.8. The minimum absolute atomic E-state index is 0.366. The first-order valence-corrected chi connectivity index (χ1v) is 17.2. The zero-order chi connectivity index (χ0) is 27.8. The lowest BCUT2D eigenvalue weighted by atomic mass is 10.0. The van der Waals surface area contributed by atoms with E-state index in [0.29, 0.717) is 26.4 Å². The summed E-state index contributed by atoms with van der Waals surface area (Å²) in [7, 11) is 0. The van der Waals surface area contributed by atoms with Crippen LogP contribution >= 0.6 is 0 Å². The highest BCUT2D eigenvalue weighted by atomic mass is 16.5. The summed E-state index contributed by atoms with van der Waals surface area (Å²) in [4.78, 5) is 0. The molecule has 0 aromatic heterocycles. The number of ether oxygens (including phenoxy) is 2. The van der Waals surface area contributed by atoms with Crippen LogP contribution in [0.15, 0.2) is 0 Å². The minimum Gasteiger partial charge on any atom is -0.391 e. The summed E-state index contributed by atoms with van der Waals surface area (Å²) in [5, 5.41) is 20.2. The van der Waals surface area contributed by atoms with Crippen LogP contribution in [-0.4, -0.2) is 48.8 Å². The van der Waals surface area contributed by atoms with Crippen molar-refractivity contribution in [3.8, 4) is 0 Å². The van der Waals surface area contributed by atoms with E-state index in [-0.39, 0.29) is 12.2 Å². The Hall–Kier alpha value is -0.160. The van der Waals surface area contributed by atoms with Crippen LogP contribution in [0.5, 0.6) is 0 Å². The number of hydrogen-bond donors (Lipinski definition) is 2. The Bertz CT molecular complexity index is 379. The number of aliphatic hydroxyl groups excluding tert-OH is 2. The van der Waals surface area contributed by atoms with E-state index in [2.05, 4.69) is 13.8 Å². The van der Waals surface area contributed by atoms with Crippen molar-refractivity contribution in [3.63, 3.8) is 0 Å². The highest BCUT2D eigenvalue weighted by Crippen LogP contribution is 2.14. The van der Waals surface area contributed by atoms with Crippen molar-refractivity contribution in [2.75, 3.05) is 26.4 Å². The van der Waals surface area contributed by atoms with Crippen LogP contribution in [0.4, 0.5) is 0 Å². The lowest BCUT2D eigenvalue weighted by molar-refractivity contribution is -0.0202. The molecule has 0 aliphatic carbocycles. The van der Waals surface area contributed by atoms with Crippen molar-refractivity contribution in [2.24, 2.45) is 0 Å². The second-order valence-corrected chi connectivity index (χ2v) is 11.8. The summed E-state index contributed by atoms with van der Waals surface area (Å²) in [6, 6.07) is 0. The number of unbranched alkanes of at least 4 members (excludes halogenated alkanes) is 22. The first-order valence-electron chi connectivity index (χ1n) is 17.2. The maximum atomic E-state index is 10.1. The van der Waals surface area contributed by atoms with Crippen LogP contribution in [0.2, 0.25) is 0 Å². The fourth-order valence-electron chi connectivity index (χ4n) is 5.17. The first-order chi connectivity index (χ1) is 18.7. The topological polar surface area (TPSA) is 58.9 Å². The van der Waals surface area contributed by atoms with Crippen molar-refractivity contribution < 1.29 is 19.7 Å². The molecule has 230 valence electrons. The normalized spacial score (nSPS) is 13.3. The van der Waals surface area contributed by atoms with Gasteiger partial charge in [0.1, 0.15) is 0 Å². The predicted molar refractivity (Wildman–Crippen MR) is 165 cm³/mol. The van der Waals surface area contributed by atoms with E-state index in [1.165, 1.54) is 141 Å². The molecular formula is C34H70O4. The van der Waals surface area contributed by atoms with Gasteiger partial charge in [0.2, 0.25) is 0 Å². The molecule has 0 fully saturated rings. The summed E-state index contributed by atoms with van der Waals surface area (Å²) in [5.74, 6) is 0. The summed E-state index contributed by atoms with van der Waals surface area (Å²) >= 11 is 0. The molecule has 0 saturated heterocycles. The van der Waals surface area contributed by atoms with Crippen LogP contribution in [0, 0.1) is 0 Å². The smallest absolute Gasteiger partial charge is 0.0773 e. The van der Waals surface area contributed by atoms with Crippen molar-refractivity contribution in [3.05, 3.63) is 0 Å². The summed E-state index contributed by atoms with van der Waals surface area (Å²) < 4.78 is 11.1. The zero-order valence-corrected chi connectivity index (χ0v) is 26.1. The van der Waals surface area contributed by atoms with Crippen molar-refractivity contribution in [1.82, 2.24) is 0 Å². The molecule has 0 heterocycles. The third-order valence-electron chi connectivity index (χ3n) is 7.77. The molecule has 0 spiro atoms. The molecule has 2 N–H and O–H groups in total. The Morgan fingerprint density at radius 2 is 0.605 bits per heavy atom. The SMILES string of the molecule is CCCCCCCCCCCCCCC(O)COCCOCC(O)CCCCCCCCCCCCCC. The van der Waals surface area contributed by atoms with E-state index >= 15 is 0 Å². The fraction of sp³-hybridized carbons (Fsp3) is 1.00. The van der Waals surface area contributed by atoms with Crippen LogP contribution < -0.4 is 0 Å². The van der Waals surface area contributed by atoms with Gasteiger partial charge >= 0.3 is 0 Å². The van der Waals surface area contributed by atoms with Gasteiger partial charge in [-0.3, -0.25) is 0 Å². The van der Waals surface area contributed by atoms with E-state index < -0.39 is 0 Å². The van der Waals surface area contributed by atoms with Gasteiger partial charge in [-0.2, -0.15) is 0 Å². The Balaban J connectivity index is 3.25. The molecule has 38 heavy (non-hydrogen) atoms. The van der Waals surface area contributed by atoms with Gasteiger partial charge < -0.3 is 19.7 Å². The molecule has 0 saturated carbocycles. The molecule has 2 unspecified atom stereocenters. The lowest BCUT2D eigenvalue weighted by Gasteiger charge is -2.13. The zero-order valence-electron chi connectivity index (χ0n) is 26.1. The van der Waals surface area contributed by atoms with Crippen molar-refractivity contribution in [1.29, 1.82) is 0 Å². The quantitative estimate of drug-likeness (QED) is 0.0810. The van der Waals surface area contributed by atoms with Gasteiger partial charge in [0, 0.05) is 0 Å². The van der Waals surface area contributed by atoms with E-state index in [9.17, 15) is 10.2 Å². The van der Waals surface area contributed by atoms with Gasteiger partial charge in [-0.25, -0.2) is 0 Å². The summed E-state index contributed by atoms with van der Waals surface area (Å²) in [6.07, 6.45) is 33.1. The van der Waals surface area contributed by atoms with Gasteiger partial charge in [0.25, 0.3) is 0 Å². The molecule has 0 aromatic rings. The van der Waals surface area contributed by atoms with Crippen LogP contribution in [-0.2, 0) is 9.47 Å². The largest absolute Gasteiger partial charge is 0.391 e. The molecule has 0 bridgehead atoms. The Morgan fingerprint density at radius 1 is 0.368 bits per heavy atom. The molecule has 0 aromatic carbocycles. The van der Waals surface area contributed by atoms with Crippen LogP contribution in [0.25, 0.3) is 0 Å². The van der Waals surface area contributed by atoms with Gasteiger partial charge in [0.05, 0.1) is 38.6 Å². The van der Waals surface area contributed by atoms with Gasteiger partial charge in [-0.1, -0.05) is 168 Å². The van der Waals surface area contributed by atoms with Gasteiger partial charge in [-0.15, -0.1) is 0 Å². The molecule has 4 heteroatoms. The third kappa shape index (κ3) is 32.1. The Labute approximate surface area is 239 Å². The molecule has 0 aliphatic heterocycles. The monoisotopic (exact) mass is 543 g/mol. The molecule has 2 atom stereocenters. The number of rotatable bonds is 33. The summed E-state index contributed by atoms with van der Waals surface area (Å²) in [6.45, 7) is 6.31. The second-order valence-electron chi connectivity index (χ2n) is 11.8. The third-order valence-corrected chi connectivity index (χ3v) is 7.77.